The Morgan fingerprint density at radius 1 is 1.36 bits per heavy atom. The minimum Gasteiger partial charge on any atom is -0.496 e. The van der Waals surface area contributed by atoms with Crippen LogP contribution in [0.1, 0.15) is 12.5 Å². The van der Waals surface area contributed by atoms with Crippen LogP contribution in [0.5, 0.6) is 5.75 Å². The number of ether oxygens (including phenoxy) is 1. The first-order valence-corrected chi connectivity index (χ1v) is 8.93. The van der Waals surface area contributed by atoms with E-state index >= 15 is 0 Å². The van der Waals surface area contributed by atoms with E-state index in [1.165, 1.54) is 0 Å². The molecule has 0 radical (unpaired) electrons. The summed E-state index contributed by atoms with van der Waals surface area (Å²) in [7, 11) is 7.78. The molecule has 140 valence electrons. The number of para-hydroxylation sites is 1. The summed E-state index contributed by atoms with van der Waals surface area (Å²) < 4.78 is 5.41. The Kier molecular flexibility index (Phi) is 7.08. The highest BCUT2D eigenvalue weighted by Gasteiger charge is 2.24. The fourth-order valence-corrected chi connectivity index (χ4v) is 3.18. The Morgan fingerprint density at radius 3 is 2.80 bits per heavy atom. The van der Waals surface area contributed by atoms with Gasteiger partial charge >= 0.3 is 6.03 Å². The van der Waals surface area contributed by atoms with Crippen molar-refractivity contribution in [3.8, 4) is 5.75 Å². The summed E-state index contributed by atoms with van der Waals surface area (Å²) >= 11 is 0. The van der Waals surface area contributed by atoms with Gasteiger partial charge < -0.3 is 19.9 Å². The number of piperazine rings is 1. The molecule has 2 rings (SSSR count). The molecule has 0 unspecified atom stereocenters. The molecule has 1 aromatic carbocycles. The van der Waals surface area contributed by atoms with Crippen molar-refractivity contribution < 1.29 is 9.53 Å². The predicted octanol–water partition coefficient (Wildman–Crippen LogP) is 1.51. The summed E-state index contributed by atoms with van der Waals surface area (Å²) in [6.07, 6.45) is 0.764. The second-order valence-electron chi connectivity index (χ2n) is 7.06. The average Bonchev–Trinajstić information content (AvgIpc) is 2.61. The van der Waals surface area contributed by atoms with Gasteiger partial charge in [-0.25, -0.2) is 4.79 Å². The van der Waals surface area contributed by atoms with Crippen LogP contribution in [-0.4, -0.2) is 87.2 Å². The number of nitrogens with one attached hydrogen (secondary N) is 1. The number of hydrogen-bond acceptors (Lipinski definition) is 4. The van der Waals surface area contributed by atoms with Gasteiger partial charge in [-0.2, -0.15) is 0 Å². The van der Waals surface area contributed by atoms with Crippen molar-refractivity contribution in [3.63, 3.8) is 0 Å². The van der Waals surface area contributed by atoms with Crippen LogP contribution in [0.2, 0.25) is 0 Å². The van der Waals surface area contributed by atoms with Crippen LogP contribution in [0.3, 0.4) is 0 Å². The van der Waals surface area contributed by atoms with E-state index < -0.39 is 0 Å². The molecular weight excluding hydrogens is 316 g/mol. The largest absolute Gasteiger partial charge is 0.496 e. The SMILES string of the molecule is COc1ccccc1C[C@@H](C)N(C)C(=O)NC[C@H]1CN(C)CCN1C. The molecule has 0 aliphatic carbocycles. The smallest absolute Gasteiger partial charge is 0.317 e. The van der Waals surface area contributed by atoms with E-state index in [0.29, 0.717) is 12.6 Å². The zero-order chi connectivity index (χ0) is 18.4. The van der Waals surface area contributed by atoms with Gasteiger partial charge in [0, 0.05) is 45.3 Å². The lowest BCUT2D eigenvalue weighted by atomic mass is 10.1. The number of hydrogen-bond donors (Lipinski definition) is 1. The second kappa shape index (κ2) is 9.06. The van der Waals surface area contributed by atoms with Crippen molar-refractivity contribution >= 4 is 6.03 Å². The van der Waals surface area contributed by atoms with Gasteiger partial charge in [0.1, 0.15) is 5.75 Å². The normalized spacial score (nSPS) is 20.1. The zero-order valence-corrected chi connectivity index (χ0v) is 16.2. The van der Waals surface area contributed by atoms with Crippen molar-refractivity contribution in [3.05, 3.63) is 29.8 Å². The van der Waals surface area contributed by atoms with Gasteiger partial charge in [0.25, 0.3) is 0 Å². The van der Waals surface area contributed by atoms with E-state index in [1.807, 2.05) is 31.3 Å². The van der Waals surface area contributed by atoms with Crippen LogP contribution in [-0.2, 0) is 6.42 Å². The molecular formula is C19H32N4O2. The molecule has 0 spiro atoms. The molecule has 1 N–H and O–H groups in total. The summed E-state index contributed by atoms with van der Waals surface area (Å²) in [6, 6.07) is 8.39. The lowest BCUT2D eigenvalue weighted by molar-refractivity contribution is 0.112. The molecule has 1 fully saturated rings. The first-order valence-electron chi connectivity index (χ1n) is 8.93. The topological polar surface area (TPSA) is 48.1 Å². The van der Waals surface area contributed by atoms with E-state index in [9.17, 15) is 4.79 Å². The molecule has 1 aliphatic rings. The number of rotatable bonds is 6. The van der Waals surface area contributed by atoms with E-state index in [-0.39, 0.29) is 12.1 Å². The maximum Gasteiger partial charge on any atom is 0.317 e. The van der Waals surface area contributed by atoms with Crippen LogP contribution in [0.4, 0.5) is 4.79 Å². The summed E-state index contributed by atoms with van der Waals surface area (Å²) in [6.45, 7) is 5.84. The number of nitrogens with zero attached hydrogens (tertiary/aromatic N) is 3. The Hall–Kier alpha value is -1.79. The van der Waals surface area contributed by atoms with Crippen molar-refractivity contribution in [2.45, 2.75) is 25.4 Å². The molecule has 25 heavy (non-hydrogen) atoms. The summed E-state index contributed by atoms with van der Waals surface area (Å²) in [4.78, 5) is 18.9. The molecule has 1 aliphatic heterocycles. The van der Waals surface area contributed by atoms with Crippen LogP contribution in [0, 0.1) is 0 Å². The average molecular weight is 348 g/mol. The monoisotopic (exact) mass is 348 g/mol. The van der Waals surface area contributed by atoms with Gasteiger partial charge in [-0.05, 0) is 39.1 Å². The van der Waals surface area contributed by atoms with Crippen LogP contribution < -0.4 is 10.1 Å². The molecule has 2 atom stereocenters. The van der Waals surface area contributed by atoms with Gasteiger partial charge in [-0.1, -0.05) is 18.2 Å². The molecule has 0 aromatic heterocycles. The van der Waals surface area contributed by atoms with Crippen LogP contribution in [0.25, 0.3) is 0 Å². The van der Waals surface area contributed by atoms with Gasteiger partial charge in [0.05, 0.1) is 7.11 Å². The van der Waals surface area contributed by atoms with Gasteiger partial charge in [-0.3, -0.25) is 4.90 Å². The van der Waals surface area contributed by atoms with Crippen molar-refractivity contribution in [1.29, 1.82) is 0 Å². The van der Waals surface area contributed by atoms with E-state index in [2.05, 4.69) is 36.1 Å². The number of carbonyl (C=O) groups excluding carboxylic acids is 1. The minimum atomic E-state index is -0.0241. The molecule has 0 bridgehead atoms. The Labute approximate surface area is 151 Å². The van der Waals surface area contributed by atoms with Crippen LogP contribution in [0.15, 0.2) is 24.3 Å². The van der Waals surface area contributed by atoms with E-state index in [4.69, 9.17) is 4.74 Å². The third kappa shape index (κ3) is 5.34. The lowest BCUT2D eigenvalue weighted by Crippen LogP contribution is -2.55. The fraction of sp³-hybridized carbons (Fsp3) is 0.632. The molecule has 2 amide bonds. The third-order valence-corrected chi connectivity index (χ3v) is 5.16. The zero-order valence-electron chi connectivity index (χ0n) is 16.2. The molecule has 1 aromatic rings. The highest BCUT2D eigenvalue weighted by molar-refractivity contribution is 5.74. The first kappa shape index (κ1) is 19.5. The van der Waals surface area contributed by atoms with E-state index in [1.54, 1.807) is 12.0 Å². The molecule has 0 saturated carbocycles. The summed E-state index contributed by atoms with van der Waals surface area (Å²) in [5.74, 6) is 0.870. The molecule has 1 heterocycles. The van der Waals surface area contributed by atoms with E-state index in [0.717, 1.165) is 37.4 Å². The Bertz CT molecular complexity index is 566. The van der Waals surface area contributed by atoms with Gasteiger partial charge in [-0.15, -0.1) is 0 Å². The van der Waals surface area contributed by atoms with Gasteiger partial charge in [0.2, 0.25) is 0 Å². The summed E-state index contributed by atoms with van der Waals surface area (Å²) in [5.41, 5.74) is 1.12. The quantitative estimate of drug-likeness (QED) is 0.847. The van der Waals surface area contributed by atoms with Gasteiger partial charge in [0.15, 0.2) is 0 Å². The number of benzene rings is 1. The maximum absolute atomic E-state index is 12.5. The van der Waals surface area contributed by atoms with Crippen molar-refractivity contribution in [2.75, 3.05) is 54.4 Å². The number of urea groups is 1. The standard InChI is InChI=1S/C19H32N4O2/c1-15(12-16-8-6-7-9-18(16)25-5)23(4)19(24)20-13-17-14-21(2)10-11-22(17)3/h6-9,15,17H,10-14H2,1-5H3,(H,20,24)/t15-,17+/m1/s1. The second-order valence-corrected chi connectivity index (χ2v) is 7.06. The van der Waals surface area contributed by atoms with Crippen LogP contribution >= 0.6 is 0 Å². The molecule has 6 heteroatoms. The maximum atomic E-state index is 12.5. The Balaban J connectivity index is 1.86. The number of likely N-dealkylation sites (N-methyl/N-ethyl adjacent to an activating group) is 3. The number of carbonyl (C=O) groups is 1. The fourth-order valence-electron chi connectivity index (χ4n) is 3.18. The lowest BCUT2D eigenvalue weighted by Gasteiger charge is -2.38. The number of amides is 2. The van der Waals surface area contributed by atoms with Crippen molar-refractivity contribution in [2.24, 2.45) is 0 Å². The Morgan fingerprint density at radius 2 is 2.08 bits per heavy atom. The molecule has 6 nitrogen and oxygen atoms in total. The minimum absolute atomic E-state index is 0.0241. The number of methoxy groups -OCH3 is 1. The third-order valence-electron chi connectivity index (χ3n) is 5.16. The highest BCUT2D eigenvalue weighted by atomic mass is 16.5. The molecule has 1 saturated heterocycles. The first-order chi connectivity index (χ1) is 11.9. The van der Waals surface area contributed by atoms with Crippen molar-refractivity contribution in [1.82, 2.24) is 20.0 Å². The summed E-state index contributed by atoms with van der Waals surface area (Å²) in [5, 5.41) is 3.09. The highest BCUT2D eigenvalue weighted by Crippen LogP contribution is 2.20. The predicted molar refractivity (Wildman–Crippen MR) is 101 cm³/mol.